The summed E-state index contributed by atoms with van der Waals surface area (Å²) in [5.41, 5.74) is 5.84. The molecule has 0 heterocycles. The number of sulfonamides is 1. The summed E-state index contributed by atoms with van der Waals surface area (Å²) in [5.74, 6) is 0. The summed E-state index contributed by atoms with van der Waals surface area (Å²) in [4.78, 5) is 0.196. The topological polar surface area (TPSA) is 81.4 Å². The molecule has 0 aliphatic heterocycles. The number of nitrogens with one attached hydrogen (secondary N) is 1. The average Bonchev–Trinajstić information content (AvgIpc) is 2.36. The fourth-order valence-electron chi connectivity index (χ4n) is 1.68. The Hall–Kier alpha value is -0.470. The van der Waals surface area contributed by atoms with E-state index in [0.29, 0.717) is 17.6 Å². The average molecular weight is 365 g/mol. The maximum Gasteiger partial charge on any atom is 0.241 e. The van der Waals surface area contributed by atoms with Crippen molar-refractivity contribution in [2.24, 2.45) is 5.73 Å². The minimum atomic E-state index is -3.59. The van der Waals surface area contributed by atoms with Gasteiger partial charge in [-0.25, -0.2) is 13.1 Å². The molecule has 0 fully saturated rings. The molecule has 1 rings (SSSR count). The molecule has 0 saturated heterocycles. The third-order valence-corrected chi connectivity index (χ3v) is 5.12. The summed E-state index contributed by atoms with van der Waals surface area (Å²) in [5, 5.41) is 0. The molecule has 0 radical (unpaired) electrons. The quantitative estimate of drug-likeness (QED) is 0.775. The highest BCUT2D eigenvalue weighted by atomic mass is 79.9. The van der Waals surface area contributed by atoms with Crippen molar-refractivity contribution >= 4 is 26.0 Å². The highest BCUT2D eigenvalue weighted by molar-refractivity contribution is 9.10. The first-order chi connectivity index (χ1) is 9.22. The predicted octanol–water partition coefficient (Wildman–Crippen LogP) is 2.00. The Morgan fingerprint density at radius 2 is 2.05 bits per heavy atom. The zero-order valence-corrected chi connectivity index (χ0v) is 14.3. The molecule has 0 amide bonds. The fraction of sp³-hybridized carbons (Fsp3) is 0.538. The molecule has 0 unspecified atom stereocenters. The number of hydrogen-bond donors (Lipinski definition) is 2. The summed E-state index contributed by atoms with van der Waals surface area (Å²) in [7, 11) is -3.59. The molecule has 0 spiro atoms. The van der Waals surface area contributed by atoms with Crippen LogP contribution in [0.4, 0.5) is 0 Å². The highest BCUT2D eigenvalue weighted by Crippen LogP contribution is 2.23. The number of nitrogens with two attached hydrogens (primary N) is 1. The van der Waals surface area contributed by atoms with E-state index in [-0.39, 0.29) is 11.4 Å². The SMILES string of the molecule is CCOC(C)(C)CNS(=O)(=O)c1ccc(CN)cc1Br. The van der Waals surface area contributed by atoms with Crippen LogP contribution in [0.3, 0.4) is 0 Å². The van der Waals surface area contributed by atoms with Gasteiger partial charge in [0.05, 0.1) is 10.5 Å². The van der Waals surface area contributed by atoms with Crippen LogP contribution >= 0.6 is 15.9 Å². The van der Waals surface area contributed by atoms with Crippen LogP contribution in [0.5, 0.6) is 0 Å². The largest absolute Gasteiger partial charge is 0.375 e. The van der Waals surface area contributed by atoms with Gasteiger partial charge < -0.3 is 10.5 Å². The van der Waals surface area contributed by atoms with Gasteiger partial charge in [0.15, 0.2) is 0 Å². The van der Waals surface area contributed by atoms with Crippen molar-refractivity contribution in [1.29, 1.82) is 0 Å². The number of rotatable bonds is 7. The second-order valence-electron chi connectivity index (χ2n) is 4.99. The van der Waals surface area contributed by atoms with Gasteiger partial charge in [0.25, 0.3) is 0 Å². The van der Waals surface area contributed by atoms with Crippen LogP contribution in [0.25, 0.3) is 0 Å². The Morgan fingerprint density at radius 1 is 1.40 bits per heavy atom. The number of halogens is 1. The van der Waals surface area contributed by atoms with Gasteiger partial charge in [-0.1, -0.05) is 6.07 Å². The Kier molecular flexibility index (Phi) is 6.15. The Bertz CT molecular complexity index is 559. The molecule has 20 heavy (non-hydrogen) atoms. The van der Waals surface area contributed by atoms with Crippen LogP contribution in [-0.2, 0) is 21.3 Å². The summed E-state index contributed by atoms with van der Waals surface area (Å²) in [6, 6.07) is 4.96. The summed E-state index contributed by atoms with van der Waals surface area (Å²) in [6.07, 6.45) is 0. The first-order valence-corrected chi connectivity index (χ1v) is 8.61. The smallest absolute Gasteiger partial charge is 0.241 e. The van der Waals surface area contributed by atoms with Crippen molar-refractivity contribution in [3.63, 3.8) is 0 Å². The normalized spacial score (nSPS) is 12.7. The maximum absolute atomic E-state index is 12.3. The predicted molar refractivity (Wildman–Crippen MR) is 82.9 cm³/mol. The van der Waals surface area contributed by atoms with Gasteiger partial charge in [-0.3, -0.25) is 0 Å². The van der Waals surface area contributed by atoms with Gasteiger partial charge in [0, 0.05) is 24.2 Å². The Balaban J connectivity index is 2.89. The van der Waals surface area contributed by atoms with Crippen molar-refractivity contribution in [1.82, 2.24) is 4.72 Å². The molecule has 7 heteroatoms. The molecule has 0 aliphatic carbocycles. The zero-order chi connectivity index (χ0) is 15.4. The Labute approximate surface area is 129 Å². The molecular formula is C13H21BrN2O3S. The monoisotopic (exact) mass is 364 g/mol. The van der Waals surface area contributed by atoms with Gasteiger partial charge in [-0.15, -0.1) is 0 Å². The van der Waals surface area contributed by atoms with E-state index in [2.05, 4.69) is 20.7 Å². The summed E-state index contributed by atoms with van der Waals surface area (Å²) >= 11 is 3.27. The minimum absolute atomic E-state index is 0.196. The molecule has 1 aromatic rings. The highest BCUT2D eigenvalue weighted by Gasteiger charge is 2.23. The van der Waals surface area contributed by atoms with Crippen LogP contribution in [0.2, 0.25) is 0 Å². The fourth-order valence-corrected chi connectivity index (χ4v) is 4.00. The van der Waals surface area contributed by atoms with E-state index in [1.54, 1.807) is 18.2 Å². The molecular weight excluding hydrogens is 344 g/mol. The molecule has 0 bridgehead atoms. The van der Waals surface area contributed by atoms with Crippen molar-refractivity contribution < 1.29 is 13.2 Å². The van der Waals surface area contributed by atoms with E-state index in [1.165, 1.54) is 0 Å². The van der Waals surface area contributed by atoms with Crippen LogP contribution in [0, 0.1) is 0 Å². The molecule has 0 aromatic heterocycles. The maximum atomic E-state index is 12.3. The van der Waals surface area contributed by atoms with E-state index in [4.69, 9.17) is 10.5 Å². The van der Waals surface area contributed by atoms with Crippen LogP contribution < -0.4 is 10.5 Å². The first kappa shape index (κ1) is 17.6. The van der Waals surface area contributed by atoms with Crippen molar-refractivity contribution in [2.75, 3.05) is 13.2 Å². The second kappa shape index (κ2) is 7.00. The number of hydrogen-bond acceptors (Lipinski definition) is 4. The number of benzene rings is 1. The zero-order valence-electron chi connectivity index (χ0n) is 11.9. The first-order valence-electron chi connectivity index (χ1n) is 6.34. The van der Waals surface area contributed by atoms with E-state index in [0.717, 1.165) is 5.56 Å². The van der Waals surface area contributed by atoms with Crippen molar-refractivity contribution in [3.8, 4) is 0 Å². The molecule has 114 valence electrons. The lowest BCUT2D eigenvalue weighted by Crippen LogP contribution is -2.40. The Morgan fingerprint density at radius 3 is 2.55 bits per heavy atom. The van der Waals surface area contributed by atoms with E-state index >= 15 is 0 Å². The second-order valence-corrected chi connectivity index (χ2v) is 7.58. The van der Waals surface area contributed by atoms with Crippen molar-refractivity contribution in [2.45, 2.75) is 37.8 Å². The molecule has 1 aromatic carbocycles. The molecule has 0 aliphatic rings. The lowest BCUT2D eigenvalue weighted by Gasteiger charge is -2.25. The molecule has 0 atom stereocenters. The summed E-state index contributed by atoms with van der Waals surface area (Å²) < 4.78 is 33.1. The number of ether oxygens (including phenoxy) is 1. The van der Waals surface area contributed by atoms with E-state index in [1.807, 2.05) is 20.8 Å². The van der Waals surface area contributed by atoms with E-state index in [9.17, 15) is 8.42 Å². The third kappa shape index (κ3) is 4.82. The summed E-state index contributed by atoms with van der Waals surface area (Å²) in [6.45, 7) is 6.65. The standard InChI is InChI=1S/C13H21BrN2O3S/c1-4-19-13(2,3)9-16-20(17,18)12-6-5-10(8-15)7-11(12)14/h5-7,16H,4,8-9,15H2,1-3H3. The van der Waals surface area contributed by atoms with Gasteiger partial charge >= 0.3 is 0 Å². The molecule has 5 nitrogen and oxygen atoms in total. The van der Waals surface area contributed by atoms with Gasteiger partial charge in [-0.05, 0) is 54.4 Å². The van der Waals surface area contributed by atoms with Crippen LogP contribution in [-0.4, -0.2) is 27.2 Å². The van der Waals surface area contributed by atoms with Crippen LogP contribution in [0.1, 0.15) is 26.3 Å². The van der Waals surface area contributed by atoms with Crippen LogP contribution in [0.15, 0.2) is 27.6 Å². The van der Waals surface area contributed by atoms with E-state index < -0.39 is 15.6 Å². The lowest BCUT2D eigenvalue weighted by atomic mass is 10.1. The van der Waals surface area contributed by atoms with Gasteiger partial charge in [0.1, 0.15) is 0 Å². The third-order valence-electron chi connectivity index (χ3n) is 2.74. The lowest BCUT2D eigenvalue weighted by molar-refractivity contribution is -0.00515. The minimum Gasteiger partial charge on any atom is -0.375 e. The molecule has 3 N–H and O–H groups in total. The molecule has 0 saturated carbocycles. The van der Waals surface area contributed by atoms with Crippen molar-refractivity contribution in [3.05, 3.63) is 28.2 Å². The van der Waals surface area contributed by atoms with Gasteiger partial charge in [0.2, 0.25) is 10.0 Å². The van der Waals surface area contributed by atoms with Gasteiger partial charge in [-0.2, -0.15) is 0 Å².